The highest BCUT2D eigenvalue weighted by Gasteiger charge is 2.07. The minimum absolute atomic E-state index is 0.555. The fourth-order valence-corrected chi connectivity index (χ4v) is 1.63. The zero-order chi connectivity index (χ0) is 10.6. The van der Waals surface area contributed by atoms with Gasteiger partial charge in [-0.3, -0.25) is 9.40 Å². The van der Waals surface area contributed by atoms with E-state index in [2.05, 4.69) is 9.82 Å². The van der Waals surface area contributed by atoms with E-state index in [1.54, 1.807) is 10.9 Å². The van der Waals surface area contributed by atoms with Crippen molar-refractivity contribution >= 4 is 16.8 Å². The molecule has 0 radical (unpaired) electrons. The normalized spacial score (nSPS) is 12.8. The van der Waals surface area contributed by atoms with Crippen LogP contribution in [0.5, 0.6) is 0 Å². The van der Waals surface area contributed by atoms with Crippen molar-refractivity contribution in [1.82, 2.24) is 9.78 Å². The molecule has 3 N–H and O–H groups in total. The number of aryl methyl sites for hydroxylation is 1. The van der Waals surface area contributed by atoms with Gasteiger partial charge in [0.25, 0.3) is 0 Å². The predicted molar refractivity (Wildman–Crippen MR) is 58.3 cm³/mol. The SMILES string of the molecule is CCc1cn(CCN)nc1NS(C)=O. The van der Waals surface area contributed by atoms with Gasteiger partial charge in [-0.15, -0.1) is 0 Å². The third-order valence-electron chi connectivity index (χ3n) is 1.82. The molecule has 1 atom stereocenters. The Morgan fingerprint density at radius 2 is 2.43 bits per heavy atom. The van der Waals surface area contributed by atoms with Crippen molar-refractivity contribution in [3.8, 4) is 0 Å². The number of aromatic nitrogens is 2. The van der Waals surface area contributed by atoms with Crippen LogP contribution in [0, 0.1) is 0 Å². The molecule has 0 saturated heterocycles. The summed E-state index contributed by atoms with van der Waals surface area (Å²) in [5.74, 6) is 0.696. The highest BCUT2D eigenvalue weighted by molar-refractivity contribution is 7.85. The molecule has 1 rings (SSSR count). The fourth-order valence-electron chi connectivity index (χ4n) is 1.19. The Morgan fingerprint density at radius 1 is 1.71 bits per heavy atom. The standard InChI is InChI=1S/C8H16N4OS/c1-3-7-6-12(5-4-9)10-8(7)11-14(2)13/h6H,3-5,9H2,1-2H3,(H,10,11). The number of nitrogens with two attached hydrogens (primary N) is 1. The highest BCUT2D eigenvalue weighted by atomic mass is 32.2. The van der Waals surface area contributed by atoms with Crippen LogP contribution in [0.1, 0.15) is 12.5 Å². The molecular formula is C8H16N4OS. The molecule has 0 aromatic carbocycles. The van der Waals surface area contributed by atoms with Crippen molar-refractivity contribution in [2.24, 2.45) is 5.73 Å². The lowest BCUT2D eigenvalue weighted by Crippen LogP contribution is -2.10. The summed E-state index contributed by atoms with van der Waals surface area (Å²) in [6.45, 7) is 3.28. The van der Waals surface area contributed by atoms with Gasteiger partial charge in [-0.2, -0.15) is 5.10 Å². The molecule has 0 saturated carbocycles. The van der Waals surface area contributed by atoms with E-state index in [0.29, 0.717) is 18.9 Å². The second-order valence-electron chi connectivity index (χ2n) is 2.96. The number of nitrogens with zero attached hydrogens (tertiary/aromatic N) is 2. The van der Waals surface area contributed by atoms with Crippen LogP contribution >= 0.6 is 0 Å². The van der Waals surface area contributed by atoms with Crippen LogP contribution in [-0.4, -0.2) is 26.8 Å². The molecule has 5 nitrogen and oxygen atoms in total. The van der Waals surface area contributed by atoms with E-state index in [9.17, 15) is 4.21 Å². The summed E-state index contributed by atoms with van der Waals surface area (Å²) in [7, 11) is -1.08. The summed E-state index contributed by atoms with van der Waals surface area (Å²) < 4.78 is 15.5. The maximum Gasteiger partial charge on any atom is 0.162 e. The van der Waals surface area contributed by atoms with Crippen LogP contribution in [0.25, 0.3) is 0 Å². The average molecular weight is 216 g/mol. The van der Waals surface area contributed by atoms with E-state index in [1.165, 1.54) is 0 Å². The number of hydrogen-bond donors (Lipinski definition) is 2. The summed E-state index contributed by atoms with van der Waals surface area (Å²) in [5.41, 5.74) is 6.48. The van der Waals surface area contributed by atoms with Gasteiger partial charge in [0.15, 0.2) is 5.82 Å². The van der Waals surface area contributed by atoms with Gasteiger partial charge in [-0.1, -0.05) is 6.92 Å². The summed E-state index contributed by atoms with van der Waals surface area (Å²) >= 11 is 0. The van der Waals surface area contributed by atoms with Crippen molar-refractivity contribution in [3.05, 3.63) is 11.8 Å². The minimum Gasteiger partial charge on any atom is -0.329 e. The Labute approximate surface area is 86.3 Å². The second kappa shape index (κ2) is 5.11. The van der Waals surface area contributed by atoms with E-state index >= 15 is 0 Å². The molecule has 0 aliphatic rings. The molecule has 0 aliphatic carbocycles. The topological polar surface area (TPSA) is 72.9 Å². The van der Waals surface area contributed by atoms with Gasteiger partial charge in [-0.05, 0) is 6.42 Å². The molecule has 0 fully saturated rings. The lowest BCUT2D eigenvalue weighted by atomic mass is 10.3. The minimum atomic E-state index is -1.08. The molecule has 6 heteroatoms. The Bertz CT molecular complexity index is 323. The van der Waals surface area contributed by atoms with Gasteiger partial charge >= 0.3 is 0 Å². The van der Waals surface area contributed by atoms with Crippen LogP contribution < -0.4 is 10.5 Å². The second-order valence-corrected chi connectivity index (χ2v) is 4.08. The van der Waals surface area contributed by atoms with Crippen LogP contribution in [0.3, 0.4) is 0 Å². The molecule has 14 heavy (non-hydrogen) atoms. The maximum absolute atomic E-state index is 11.0. The molecule has 80 valence electrons. The number of rotatable bonds is 5. The quantitative estimate of drug-likeness (QED) is 0.733. The van der Waals surface area contributed by atoms with Crippen LogP contribution in [0.2, 0.25) is 0 Å². The molecule has 0 amide bonds. The molecule has 0 spiro atoms. The van der Waals surface area contributed by atoms with Crippen LogP contribution in [0.15, 0.2) is 6.20 Å². The molecule has 0 aliphatic heterocycles. The summed E-state index contributed by atoms with van der Waals surface area (Å²) in [6.07, 6.45) is 4.38. The first-order valence-corrected chi connectivity index (χ1v) is 6.09. The van der Waals surface area contributed by atoms with Gasteiger partial charge in [0.2, 0.25) is 0 Å². The molecule has 0 bridgehead atoms. The third kappa shape index (κ3) is 2.81. The third-order valence-corrected chi connectivity index (χ3v) is 2.30. The van der Waals surface area contributed by atoms with Crippen LogP contribution in [-0.2, 0) is 24.0 Å². The average Bonchev–Trinajstić information content (AvgIpc) is 2.47. The number of anilines is 1. The Balaban J connectivity index is 2.84. The van der Waals surface area contributed by atoms with Gasteiger partial charge in [0, 0.05) is 24.6 Å². The van der Waals surface area contributed by atoms with Crippen LogP contribution in [0.4, 0.5) is 5.82 Å². The highest BCUT2D eigenvalue weighted by Crippen LogP contribution is 2.13. The number of nitrogens with one attached hydrogen (secondary N) is 1. The van der Waals surface area contributed by atoms with Gasteiger partial charge < -0.3 is 5.73 Å². The van der Waals surface area contributed by atoms with Crippen molar-refractivity contribution in [2.45, 2.75) is 19.9 Å². The molecule has 1 aromatic rings. The molecule has 1 aromatic heterocycles. The first-order chi connectivity index (χ1) is 6.67. The van der Waals surface area contributed by atoms with E-state index in [4.69, 9.17) is 5.73 Å². The zero-order valence-corrected chi connectivity index (χ0v) is 9.30. The van der Waals surface area contributed by atoms with E-state index in [1.807, 2.05) is 13.1 Å². The smallest absolute Gasteiger partial charge is 0.162 e. The lowest BCUT2D eigenvalue weighted by Gasteiger charge is -1.99. The largest absolute Gasteiger partial charge is 0.329 e. The molecule has 1 unspecified atom stereocenters. The zero-order valence-electron chi connectivity index (χ0n) is 8.49. The predicted octanol–water partition coefficient (Wildman–Crippen LogP) is 0.110. The Kier molecular flexibility index (Phi) is 4.09. The molecular weight excluding hydrogens is 200 g/mol. The van der Waals surface area contributed by atoms with Crippen molar-refractivity contribution < 1.29 is 4.21 Å². The summed E-state index contributed by atoms with van der Waals surface area (Å²) in [5, 5.41) is 4.24. The first-order valence-electron chi connectivity index (χ1n) is 4.53. The fraction of sp³-hybridized carbons (Fsp3) is 0.625. The van der Waals surface area contributed by atoms with Crippen molar-refractivity contribution in [2.75, 3.05) is 17.5 Å². The first kappa shape index (κ1) is 11.2. The number of hydrogen-bond acceptors (Lipinski definition) is 3. The van der Waals surface area contributed by atoms with Crippen molar-refractivity contribution in [1.29, 1.82) is 0 Å². The van der Waals surface area contributed by atoms with Crippen molar-refractivity contribution in [3.63, 3.8) is 0 Å². The van der Waals surface area contributed by atoms with Gasteiger partial charge in [0.05, 0.1) is 6.54 Å². The Morgan fingerprint density at radius 3 is 2.93 bits per heavy atom. The van der Waals surface area contributed by atoms with Gasteiger partial charge in [-0.25, -0.2) is 4.21 Å². The van der Waals surface area contributed by atoms with E-state index in [0.717, 1.165) is 12.0 Å². The summed E-state index contributed by atoms with van der Waals surface area (Å²) in [6, 6.07) is 0. The van der Waals surface area contributed by atoms with Gasteiger partial charge in [0.1, 0.15) is 11.0 Å². The lowest BCUT2D eigenvalue weighted by molar-refractivity contribution is 0.626. The molecule has 1 heterocycles. The Hall–Kier alpha value is -0.880. The summed E-state index contributed by atoms with van der Waals surface area (Å²) in [4.78, 5) is 0. The maximum atomic E-state index is 11.0. The monoisotopic (exact) mass is 216 g/mol. The van der Waals surface area contributed by atoms with E-state index < -0.39 is 11.0 Å². The van der Waals surface area contributed by atoms with E-state index in [-0.39, 0.29) is 0 Å².